The molecule has 1 aliphatic rings. The Balaban J connectivity index is 2.61. The van der Waals surface area contributed by atoms with E-state index in [0.29, 0.717) is 5.57 Å². The van der Waals surface area contributed by atoms with Gasteiger partial charge in [-0.05, 0) is 25.2 Å². The standard InChI is InChI=1S/C9H10O3/c1-7(9(10)11)6-8-4-2-3-5-12-8/h2-6,8H,1H3,(H,10,11). The summed E-state index contributed by atoms with van der Waals surface area (Å²) in [4.78, 5) is 10.4. The minimum Gasteiger partial charge on any atom is -0.490 e. The molecular formula is C9H10O3. The second-order valence-corrected chi connectivity index (χ2v) is 2.47. The topological polar surface area (TPSA) is 46.5 Å². The fourth-order valence-electron chi connectivity index (χ4n) is 0.813. The molecule has 0 fully saturated rings. The molecule has 1 aliphatic heterocycles. The maximum atomic E-state index is 10.4. The van der Waals surface area contributed by atoms with E-state index in [9.17, 15) is 4.79 Å². The minimum absolute atomic E-state index is 0.244. The lowest BCUT2D eigenvalue weighted by Crippen LogP contribution is -2.07. The second-order valence-electron chi connectivity index (χ2n) is 2.47. The number of allylic oxidation sites excluding steroid dienone is 2. The van der Waals surface area contributed by atoms with Crippen LogP contribution in [0.25, 0.3) is 0 Å². The first-order valence-corrected chi connectivity index (χ1v) is 3.60. The third kappa shape index (κ3) is 2.27. The predicted octanol–water partition coefficient (Wildman–Crippen LogP) is 1.49. The fourth-order valence-corrected chi connectivity index (χ4v) is 0.813. The minimum atomic E-state index is -0.915. The summed E-state index contributed by atoms with van der Waals surface area (Å²) in [5, 5.41) is 8.55. The highest BCUT2D eigenvalue weighted by atomic mass is 16.5. The number of carboxylic acids is 1. The predicted molar refractivity (Wildman–Crippen MR) is 44.5 cm³/mol. The molecule has 3 nitrogen and oxygen atoms in total. The van der Waals surface area contributed by atoms with Crippen molar-refractivity contribution in [3.63, 3.8) is 0 Å². The molecule has 3 heteroatoms. The van der Waals surface area contributed by atoms with Crippen LogP contribution in [0.1, 0.15) is 6.92 Å². The lowest BCUT2D eigenvalue weighted by atomic mass is 10.2. The van der Waals surface area contributed by atoms with Gasteiger partial charge in [-0.2, -0.15) is 0 Å². The Bertz CT molecular complexity index is 261. The van der Waals surface area contributed by atoms with Crippen molar-refractivity contribution in [2.45, 2.75) is 13.0 Å². The largest absolute Gasteiger partial charge is 0.490 e. The highest BCUT2D eigenvalue weighted by Crippen LogP contribution is 2.06. The zero-order valence-corrected chi connectivity index (χ0v) is 6.73. The number of carboxylic acid groups (broad SMARTS) is 1. The van der Waals surface area contributed by atoms with Crippen LogP contribution >= 0.6 is 0 Å². The molecule has 1 rings (SSSR count). The van der Waals surface area contributed by atoms with Crippen LogP contribution in [0.5, 0.6) is 0 Å². The van der Waals surface area contributed by atoms with E-state index < -0.39 is 5.97 Å². The van der Waals surface area contributed by atoms with Crippen LogP contribution in [0.15, 0.2) is 36.1 Å². The zero-order valence-electron chi connectivity index (χ0n) is 6.73. The van der Waals surface area contributed by atoms with Crippen LogP contribution in [0, 0.1) is 0 Å². The second kappa shape index (κ2) is 3.76. The molecule has 0 aromatic carbocycles. The van der Waals surface area contributed by atoms with E-state index in [2.05, 4.69) is 0 Å². The van der Waals surface area contributed by atoms with Gasteiger partial charge in [0.05, 0.1) is 6.26 Å². The number of hydrogen-bond acceptors (Lipinski definition) is 2. The van der Waals surface area contributed by atoms with Gasteiger partial charge >= 0.3 is 5.97 Å². The van der Waals surface area contributed by atoms with Crippen molar-refractivity contribution in [3.05, 3.63) is 36.1 Å². The van der Waals surface area contributed by atoms with Crippen LogP contribution in [-0.4, -0.2) is 17.2 Å². The van der Waals surface area contributed by atoms with Gasteiger partial charge in [-0.1, -0.05) is 6.08 Å². The number of carbonyl (C=O) groups is 1. The molecule has 64 valence electrons. The summed E-state index contributed by atoms with van der Waals surface area (Å²) in [6.07, 6.45) is 8.21. The highest BCUT2D eigenvalue weighted by Gasteiger charge is 2.06. The zero-order chi connectivity index (χ0) is 8.97. The summed E-state index contributed by atoms with van der Waals surface area (Å²) in [7, 11) is 0. The first-order valence-electron chi connectivity index (χ1n) is 3.60. The van der Waals surface area contributed by atoms with Gasteiger partial charge in [-0.15, -0.1) is 0 Å². The summed E-state index contributed by atoms with van der Waals surface area (Å²) in [6.45, 7) is 1.54. The van der Waals surface area contributed by atoms with E-state index in [4.69, 9.17) is 9.84 Å². The molecule has 0 saturated carbocycles. The Kier molecular flexibility index (Phi) is 2.69. The Morgan fingerprint density at radius 1 is 1.58 bits per heavy atom. The summed E-state index contributed by atoms with van der Waals surface area (Å²) in [5.74, 6) is -0.915. The smallest absolute Gasteiger partial charge is 0.331 e. The van der Waals surface area contributed by atoms with Crippen molar-refractivity contribution in [3.8, 4) is 0 Å². The lowest BCUT2D eigenvalue weighted by molar-refractivity contribution is -0.132. The van der Waals surface area contributed by atoms with Crippen LogP contribution in [0.2, 0.25) is 0 Å². The van der Waals surface area contributed by atoms with Crippen LogP contribution in [-0.2, 0) is 9.53 Å². The summed E-state index contributed by atoms with van der Waals surface area (Å²) in [6, 6.07) is 0. The maximum absolute atomic E-state index is 10.4. The van der Waals surface area contributed by atoms with Crippen LogP contribution in [0.3, 0.4) is 0 Å². The third-order valence-electron chi connectivity index (χ3n) is 1.48. The lowest BCUT2D eigenvalue weighted by Gasteiger charge is -2.10. The summed E-state index contributed by atoms with van der Waals surface area (Å²) in [5.41, 5.74) is 0.292. The Hall–Kier alpha value is -1.51. The first kappa shape index (κ1) is 8.59. The molecule has 0 aromatic heterocycles. The van der Waals surface area contributed by atoms with Gasteiger partial charge in [-0.25, -0.2) is 4.79 Å². The number of ether oxygens (including phenoxy) is 1. The summed E-state index contributed by atoms with van der Waals surface area (Å²) < 4.78 is 5.09. The normalized spacial score (nSPS) is 22.1. The molecule has 12 heavy (non-hydrogen) atoms. The van der Waals surface area contributed by atoms with E-state index in [1.807, 2.05) is 6.08 Å². The van der Waals surface area contributed by atoms with E-state index in [1.165, 1.54) is 13.2 Å². The summed E-state index contributed by atoms with van der Waals surface area (Å²) >= 11 is 0. The molecule has 0 radical (unpaired) electrons. The van der Waals surface area contributed by atoms with Gasteiger partial charge in [0.15, 0.2) is 0 Å². The van der Waals surface area contributed by atoms with Gasteiger partial charge in [0.2, 0.25) is 0 Å². The molecule has 0 saturated heterocycles. The SMILES string of the molecule is CC(=CC1C=CC=CO1)C(=O)O. The van der Waals surface area contributed by atoms with Crippen molar-refractivity contribution in [1.29, 1.82) is 0 Å². The molecule has 0 aromatic rings. The average molecular weight is 166 g/mol. The average Bonchev–Trinajstić information content (AvgIpc) is 2.06. The Morgan fingerprint density at radius 3 is 2.83 bits per heavy atom. The Morgan fingerprint density at radius 2 is 2.33 bits per heavy atom. The Labute approximate surface area is 70.7 Å². The van der Waals surface area contributed by atoms with Gasteiger partial charge in [0.1, 0.15) is 6.10 Å². The number of hydrogen-bond donors (Lipinski definition) is 1. The molecule has 0 aliphatic carbocycles. The maximum Gasteiger partial charge on any atom is 0.331 e. The first-order chi connectivity index (χ1) is 5.70. The van der Waals surface area contributed by atoms with Crippen molar-refractivity contribution >= 4 is 5.97 Å². The third-order valence-corrected chi connectivity index (χ3v) is 1.48. The van der Waals surface area contributed by atoms with Gasteiger partial charge in [0, 0.05) is 5.57 Å². The van der Waals surface area contributed by atoms with Crippen molar-refractivity contribution in [2.75, 3.05) is 0 Å². The molecule has 0 amide bonds. The molecule has 1 atom stereocenters. The molecule has 1 unspecified atom stereocenters. The molecule has 1 N–H and O–H groups in total. The molecular weight excluding hydrogens is 156 g/mol. The molecule has 1 heterocycles. The van der Waals surface area contributed by atoms with E-state index in [-0.39, 0.29) is 6.10 Å². The van der Waals surface area contributed by atoms with Gasteiger partial charge in [-0.3, -0.25) is 0 Å². The van der Waals surface area contributed by atoms with Crippen molar-refractivity contribution in [2.24, 2.45) is 0 Å². The van der Waals surface area contributed by atoms with E-state index >= 15 is 0 Å². The van der Waals surface area contributed by atoms with Crippen LogP contribution in [0.4, 0.5) is 0 Å². The number of aliphatic carboxylic acids is 1. The quantitative estimate of drug-likeness (QED) is 0.632. The van der Waals surface area contributed by atoms with Crippen molar-refractivity contribution < 1.29 is 14.6 Å². The van der Waals surface area contributed by atoms with Gasteiger partial charge < -0.3 is 9.84 Å². The highest BCUT2D eigenvalue weighted by molar-refractivity contribution is 5.85. The van der Waals surface area contributed by atoms with E-state index in [0.717, 1.165) is 0 Å². The van der Waals surface area contributed by atoms with Gasteiger partial charge in [0.25, 0.3) is 0 Å². The fraction of sp³-hybridized carbons (Fsp3) is 0.222. The number of rotatable bonds is 2. The van der Waals surface area contributed by atoms with Crippen molar-refractivity contribution in [1.82, 2.24) is 0 Å². The molecule has 0 bridgehead atoms. The monoisotopic (exact) mass is 166 g/mol. The van der Waals surface area contributed by atoms with E-state index in [1.54, 1.807) is 18.2 Å². The molecule has 0 spiro atoms. The van der Waals surface area contributed by atoms with Crippen LogP contribution < -0.4 is 0 Å².